The molecule has 0 aromatic heterocycles. The van der Waals surface area contributed by atoms with Crippen LogP contribution in [-0.4, -0.2) is 18.4 Å². The standard InChI is InChI=1S/C18H13BrN2O3/c1-11-15(8-12-2-7-16-17(9-12)24-10-23-16)18(22)21(20-11)14-5-3-13(19)4-6-14/h2-9H,10H2,1H3/b15-8-. The molecular formula is C18H13BrN2O3. The third-order valence-electron chi connectivity index (χ3n) is 3.84. The van der Waals surface area contributed by atoms with Gasteiger partial charge in [-0.1, -0.05) is 22.0 Å². The molecule has 0 atom stereocenters. The number of ether oxygens (including phenoxy) is 2. The second-order valence-electron chi connectivity index (χ2n) is 5.45. The Hall–Kier alpha value is -2.60. The van der Waals surface area contributed by atoms with Crippen molar-refractivity contribution >= 4 is 39.3 Å². The van der Waals surface area contributed by atoms with Crippen molar-refractivity contribution in [3.63, 3.8) is 0 Å². The van der Waals surface area contributed by atoms with E-state index in [2.05, 4.69) is 21.0 Å². The van der Waals surface area contributed by atoms with E-state index >= 15 is 0 Å². The highest BCUT2D eigenvalue weighted by molar-refractivity contribution is 9.10. The van der Waals surface area contributed by atoms with Crippen LogP contribution in [0.25, 0.3) is 6.08 Å². The third-order valence-corrected chi connectivity index (χ3v) is 4.37. The second-order valence-corrected chi connectivity index (χ2v) is 6.37. The first-order chi connectivity index (χ1) is 11.6. The maximum absolute atomic E-state index is 12.7. The first-order valence-corrected chi connectivity index (χ1v) is 8.18. The summed E-state index contributed by atoms with van der Waals surface area (Å²) < 4.78 is 11.6. The molecule has 0 bridgehead atoms. The number of fused-ring (bicyclic) bond motifs is 1. The lowest BCUT2D eigenvalue weighted by Crippen LogP contribution is -2.21. The summed E-state index contributed by atoms with van der Waals surface area (Å²) in [4.78, 5) is 12.7. The van der Waals surface area contributed by atoms with Crippen molar-refractivity contribution in [1.82, 2.24) is 0 Å². The molecule has 0 fully saturated rings. The first-order valence-electron chi connectivity index (χ1n) is 7.39. The molecule has 0 N–H and O–H groups in total. The van der Waals surface area contributed by atoms with Gasteiger partial charge in [0.05, 0.1) is 17.0 Å². The van der Waals surface area contributed by atoms with Crippen LogP contribution in [0.4, 0.5) is 5.69 Å². The van der Waals surface area contributed by atoms with Crippen molar-refractivity contribution < 1.29 is 14.3 Å². The summed E-state index contributed by atoms with van der Waals surface area (Å²) >= 11 is 3.39. The summed E-state index contributed by atoms with van der Waals surface area (Å²) in [5, 5.41) is 5.80. The molecule has 5 nitrogen and oxygen atoms in total. The van der Waals surface area contributed by atoms with Crippen LogP contribution < -0.4 is 14.5 Å². The second kappa shape index (κ2) is 5.79. The van der Waals surface area contributed by atoms with Gasteiger partial charge in [0.25, 0.3) is 5.91 Å². The van der Waals surface area contributed by atoms with Gasteiger partial charge in [0.15, 0.2) is 11.5 Å². The number of anilines is 1. The molecule has 0 saturated heterocycles. The van der Waals surface area contributed by atoms with E-state index in [1.165, 1.54) is 5.01 Å². The van der Waals surface area contributed by atoms with E-state index < -0.39 is 0 Å². The van der Waals surface area contributed by atoms with Crippen molar-refractivity contribution in [1.29, 1.82) is 0 Å². The molecule has 4 rings (SSSR count). The summed E-state index contributed by atoms with van der Waals surface area (Å²) in [6.45, 7) is 2.06. The number of hydrogen-bond donors (Lipinski definition) is 0. The lowest BCUT2D eigenvalue weighted by atomic mass is 10.1. The van der Waals surface area contributed by atoms with Gasteiger partial charge in [-0.25, -0.2) is 0 Å². The summed E-state index contributed by atoms with van der Waals surface area (Å²) in [7, 11) is 0. The lowest BCUT2D eigenvalue weighted by Gasteiger charge is -2.11. The normalized spacial score (nSPS) is 17.6. The maximum atomic E-state index is 12.7. The van der Waals surface area contributed by atoms with Gasteiger partial charge in [-0.15, -0.1) is 0 Å². The molecule has 2 aromatic rings. The zero-order valence-electron chi connectivity index (χ0n) is 12.8. The van der Waals surface area contributed by atoms with E-state index in [-0.39, 0.29) is 12.7 Å². The molecule has 24 heavy (non-hydrogen) atoms. The minimum Gasteiger partial charge on any atom is -0.454 e. The summed E-state index contributed by atoms with van der Waals surface area (Å²) in [6, 6.07) is 13.1. The van der Waals surface area contributed by atoms with Crippen molar-refractivity contribution in [2.45, 2.75) is 6.92 Å². The minimum atomic E-state index is -0.146. The van der Waals surface area contributed by atoms with E-state index in [4.69, 9.17) is 9.47 Å². The SMILES string of the molecule is CC1=NN(c2ccc(Br)cc2)C(=O)/C1=C\c1ccc2c(c1)OCO2. The van der Waals surface area contributed by atoms with Crippen LogP contribution in [0.15, 0.2) is 57.6 Å². The maximum Gasteiger partial charge on any atom is 0.280 e. The van der Waals surface area contributed by atoms with Crippen molar-refractivity contribution in [2.75, 3.05) is 11.8 Å². The van der Waals surface area contributed by atoms with Gasteiger partial charge in [-0.05, 0) is 55.0 Å². The Kier molecular flexibility index (Phi) is 3.61. The molecule has 2 aromatic carbocycles. The summed E-state index contributed by atoms with van der Waals surface area (Å²) in [6.07, 6.45) is 1.82. The number of halogens is 1. The Balaban J connectivity index is 1.66. The minimum absolute atomic E-state index is 0.146. The van der Waals surface area contributed by atoms with Crippen LogP contribution in [0.5, 0.6) is 11.5 Å². The molecule has 2 aliphatic rings. The molecule has 6 heteroatoms. The number of rotatable bonds is 2. The number of nitrogens with zero attached hydrogens (tertiary/aromatic N) is 2. The Bertz CT molecular complexity index is 888. The van der Waals surface area contributed by atoms with Crippen LogP contribution in [0.3, 0.4) is 0 Å². The molecule has 0 radical (unpaired) electrons. The fraction of sp³-hybridized carbons (Fsp3) is 0.111. The number of benzene rings is 2. The molecular weight excluding hydrogens is 372 g/mol. The molecule has 0 saturated carbocycles. The quantitative estimate of drug-likeness (QED) is 0.735. The number of hydrogen-bond acceptors (Lipinski definition) is 4. The van der Waals surface area contributed by atoms with Crippen molar-refractivity contribution in [3.8, 4) is 11.5 Å². The number of carbonyl (C=O) groups is 1. The monoisotopic (exact) mass is 384 g/mol. The summed E-state index contributed by atoms with van der Waals surface area (Å²) in [5.74, 6) is 1.26. The van der Waals surface area contributed by atoms with E-state index in [0.717, 1.165) is 21.5 Å². The van der Waals surface area contributed by atoms with Gasteiger partial charge in [-0.2, -0.15) is 10.1 Å². The van der Waals surface area contributed by atoms with Crippen molar-refractivity contribution in [2.24, 2.45) is 5.10 Å². The molecule has 0 aliphatic carbocycles. The Morgan fingerprint density at radius 3 is 2.67 bits per heavy atom. The third kappa shape index (κ3) is 2.59. The van der Waals surface area contributed by atoms with Gasteiger partial charge >= 0.3 is 0 Å². The lowest BCUT2D eigenvalue weighted by molar-refractivity contribution is -0.114. The van der Waals surface area contributed by atoms with E-state index in [0.29, 0.717) is 17.0 Å². The van der Waals surface area contributed by atoms with Gasteiger partial charge in [0, 0.05) is 4.47 Å². The van der Waals surface area contributed by atoms with Gasteiger partial charge in [0.1, 0.15) is 0 Å². The first kappa shape index (κ1) is 15.0. The van der Waals surface area contributed by atoms with Gasteiger partial charge in [0.2, 0.25) is 6.79 Å². The zero-order valence-corrected chi connectivity index (χ0v) is 14.4. The van der Waals surface area contributed by atoms with Crippen molar-refractivity contribution in [3.05, 3.63) is 58.1 Å². The zero-order chi connectivity index (χ0) is 16.7. The van der Waals surface area contributed by atoms with Crippen LogP contribution in [-0.2, 0) is 4.79 Å². The predicted octanol–water partition coefficient (Wildman–Crippen LogP) is 3.98. The fourth-order valence-corrected chi connectivity index (χ4v) is 2.88. The van der Waals surface area contributed by atoms with Gasteiger partial charge < -0.3 is 9.47 Å². The van der Waals surface area contributed by atoms with E-state index in [9.17, 15) is 4.79 Å². The van der Waals surface area contributed by atoms with Crippen LogP contribution in [0.2, 0.25) is 0 Å². The molecule has 1 amide bonds. The Morgan fingerprint density at radius 2 is 1.88 bits per heavy atom. The van der Waals surface area contributed by atoms with Gasteiger partial charge in [-0.3, -0.25) is 4.79 Å². The fourth-order valence-electron chi connectivity index (χ4n) is 2.61. The molecule has 120 valence electrons. The number of amides is 1. The average Bonchev–Trinajstić information content (AvgIpc) is 3.15. The predicted molar refractivity (Wildman–Crippen MR) is 95.3 cm³/mol. The molecule has 2 heterocycles. The number of hydrazone groups is 1. The highest BCUT2D eigenvalue weighted by Crippen LogP contribution is 2.34. The largest absolute Gasteiger partial charge is 0.454 e. The Labute approximate surface area is 147 Å². The molecule has 0 spiro atoms. The summed E-state index contributed by atoms with van der Waals surface area (Å²) in [5.41, 5.74) is 2.85. The van der Waals surface area contributed by atoms with E-state index in [1.807, 2.05) is 55.5 Å². The topological polar surface area (TPSA) is 51.1 Å². The highest BCUT2D eigenvalue weighted by Gasteiger charge is 2.28. The highest BCUT2D eigenvalue weighted by atomic mass is 79.9. The van der Waals surface area contributed by atoms with Crippen LogP contribution in [0, 0.1) is 0 Å². The number of carbonyl (C=O) groups excluding carboxylic acids is 1. The average molecular weight is 385 g/mol. The van der Waals surface area contributed by atoms with Crippen LogP contribution >= 0.6 is 15.9 Å². The van der Waals surface area contributed by atoms with E-state index in [1.54, 1.807) is 0 Å². The molecule has 0 unspecified atom stereocenters. The van der Waals surface area contributed by atoms with Crippen LogP contribution in [0.1, 0.15) is 12.5 Å². The Morgan fingerprint density at radius 1 is 1.12 bits per heavy atom. The smallest absolute Gasteiger partial charge is 0.280 e. The molecule has 2 aliphatic heterocycles.